The standard InChI is InChI=1S/C17H27N/c1-3-14-9-11-16(12-10-14)17(18)13(2)15-7-5-4-6-8-15/h4-8,13-14,16-17H,3,9-12,18H2,1-2H3. The van der Waals surface area contributed by atoms with Gasteiger partial charge in [-0.05, 0) is 36.2 Å². The maximum absolute atomic E-state index is 6.51. The van der Waals surface area contributed by atoms with Crippen molar-refractivity contribution < 1.29 is 0 Å². The first kappa shape index (κ1) is 13.6. The molecule has 1 nitrogen and oxygen atoms in total. The van der Waals surface area contributed by atoms with Crippen LogP contribution in [0.4, 0.5) is 0 Å². The Bertz CT molecular complexity index is 338. The van der Waals surface area contributed by atoms with Crippen LogP contribution in [0.2, 0.25) is 0 Å². The van der Waals surface area contributed by atoms with Crippen LogP contribution in [0, 0.1) is 11.8 Å². The summed E-state index contributed by atoms with van der Waals surface area (Å²) in [7, 11) is 0. The highest BCUT2D eigenvalue weighted by atomic mass is 14.7. The molecule has 0 spiro atoms. The Balaban J connectivity index is 1.93. The van der Waals surface area contributed by atoms with Crippen LogP contribution in [0.1, 0.15) is 57.4 Å². The molecule has 18 heavy (non-hydrogen) atoms. The number of hydrogen-bond acceptors (Lipinski definition) is 1. The summed E-state index contributed by atoms with van der Waals surface area (Å²) < 4.78 is 0. The molecule has 0 aromatic heterocycles. The Morgan fingerprint density at radius 2 is 1.72 bits per heavy atom. The Hall–Kier alpha value is -0.820. The first-order valence-electron chi connectivity index (χ1n) is 7.53. The maximum atomic E-state index is 6.51. The van der Waals surface area contributed by atoms with Crippen molar-refractivity contribution in [2.45, 2.75) is 57.9 Å². The number of benzene rings is 1. The number of rotatable bonds is 4. The van der Waals surface area contributed by atoms with E-state index in [1.54, 1.807) is 0 Å². The average Bonchev–Trinajstić information content (AvgIpc) is 2.47. The van der Waals surface area contributed by atoms with Crippen molar-refractivity contribution in [2.24, 2.45) is 17.6 Å². The van der Waals surface area contributed by atoms with Gasteiger partial charge in [-0.1, -0.05) is 63.4 Å². The van der Waals surface area contributed by atoms with E-state index in [-0.39, 0.29) is 0 Å². The molecule has 0 saturated heterocycles. The topological polar surface area (TPSA) is 26.0 Å². The molecule has 1 aromatic rings. The number of nitrogens with two attached hydrogens (primary N) is 1. The van der Waals surface area contributed by atoms with Crippen molar-refractivity contribution in [1.29, 1.82) is 0 Å². The van der Waals surface area contributed by atoms with Crippen LogP contribution in [0.25, 0.3) is 0 Å². The molecule has 100 valence electrons. The van der Waals surface area contributed by atoms with Crippen LogP contribution in [0.3, 0.4) is 0 Å². The number of hydrogen-bond donors (Lipinski definition) is 1. The second-order valence-corrected chi connectivity index (χ2v) is 5.97. The molecule has 2 atom stereocenters. The lowest BCUT2D eigenvalue weighted by atomic mass is 9.74. The second kappa shape index (κ2) is 6.38. The molecule has 0 aliphatic heterocycles. The van der Waals surface area contributed by atoms with E-state index in [2.05, 4.69) is 44.2 Å². The molecule has 1 saturated carbocycles. The van der Waals surface area contributed by atoms with Crippen LogP contribution in [0.5, 0.6) is 0 Å². The first-order chi connectivity index (χ1) is 8.72. The van der Waals surface area contributed by atoms with E-state index in [0.29, 0.717) is 12.0 Å². The molecule has 1 heteroatoms. The zero-order valence-electron chi connectivity index (χ0n) is 11.8. The Morgan fingerprint density at radius 1 is 1.11 bits per heavy atom. The molecule has 0 radical (unpaired) electrons. The Labute approximate surface area is 112 Å². The minimum Gasteiger partial charge on any atom is -0.327 e. The van der Waals surface area contributed by atoms with Gasteiger partial charge in [-0.2, -0.15) is 0 Å². The lowest BCUT2D eigenvalue weighted by molar-refractivity contribution is 0.226. The van der Waals surface area contributed by atoms with Gasteiger partial charge in [-0.25, -0.2) is 0 Å². The fourth-order valence-electron chi connectivity index (χ4n) is 3.37. The van der Waals surface area contributed by atoms with Gasteiger partial charge >= 0.3 is 0 Å². The summed E-state index contributed by atoms with van der Waals surface area (Å²) in [5.74, 6) is 2.16. The van der Waals surface area contributed by atoms with Crippen molar-refractivity contribution in [2.75, 3.05) is 0 Å². The molecule has 2 unspecified atom stereocenters. The van der Waals surface area contributed by atoms with Crippen LogP contribution >= 0.6 is 0 Å². The summed E-state index contributed by atoms with van der Waals surface area (Å²) >= 11 is 0. The molecular weight excluding hydrogens is 218 g/mol. The van der Waals surface area contributed by atoms with E-state index >= 15 is 0 Å². The summed E-state index contributed by atoms with van der Waals surface area (Å²) in [6, 6.07) is 11.1. The van der Waals surface area contributed by atoms with Crippen molar-refractivity contribution in [3.8, 4) is 0 Å². The predicted octanol–water partition coefficient (Wildman–Crippen LogP) is 4.33. The van der Waals surface area contributed by atoms with Crippen molar-refractivity contribution >= 4 is 0 Å². The quantitative estimate of drug-likeness (QED) is 0.839. The van der Waals surface area contributed by atoms with Gasteiger partial charge in [0.15, 0.2) is 0 Å². The fraction of sp³-hybridized carbons (Fsp3) is 0.647. The van der Waals surface area contributed by atoms with Crippen molar-refractivity contribution in [1.82, 2.24) is 0 Å². The molecule has 0 heterocycles. The maximum Gasteiger partial charge on any atom is 0.0134 e. The van der Waals surface area contributed by atoms with E-state index in [0.717, 1.165) is 11.8 Å². The summed E-state index contributed by atoms with van der Waals surface area (Å²) in [5, 5.41) is 0. The fourth-order valence-corrected chi connectivity index (χ4v) is 3.37. The lowest BCUT2D eigenvalue weighted by Gasteiger charge is -2.34. The van der Waals surface area contributed by atoms with Crippen molar-refractivity contribution in [3.05, 3.63) is 35.9 Å². The monoisotopic (exact) mass is 245 g/mol. The van der Waals surface area contributed by atoms with Gasteiger partial charge in [0.25, 0.3) is 0 Å². The minimum atomic E-state index is 0.324. The highest BCUT2D eigenvalue weighted by Gasteiger charge is 2.28. The first-order valence-corrected chi connectivity index (χ1v) is 7.53. The van der Waals surface area contributed by atoms with Crippen molar-refractivity contribution in [3.63, 3.8) is 0 Å². The largest absolute Gasteiger partial charge is 0.327 e. The summed E-state index contributed by atoms with van der Waals surface area (Å²) in [6.07, 6.45) is 6.77. The highest BCUT2D eigenvalue weighted by Crippen LogP contribution is 2.35. The van der Waals surface area contributed by atoms with E-state index in [9.17, 15) is 0 Å². The molecule has 2 N–H and O–H groups in total. The van der Waals surface area contributed by atoms with Gasteiger partial charge < -0.3 is 5.73 Å². The third kappa shape index (κ3) is 3.14. The molecule has 2 rings (SSSR count). The smallest absolute Gasteiger partial charge is 0.0134 e. The van der Waals surface area contributed by atoms with Gasteiger partial charge in [0.1, 0.15) is 0 Å². The van der Waals surface area contributed by atoms with E-state index in [1.807, 2.05) is 0 Å². The van der Waals surface area contributed by atoms with Gasteiger partial charge in [0, 0.05) is 6.04 Å². The normalized spacial score (nSPS) is 27.7. The van der Waals surface area contributed by atoms with E-state index in [4.69, 9.17) is 5.73 Å². The third-order valence-corrected chi connectivity index (χ3v) is 4.92. The summed E-state index contributed by atoms with van der Waals surface area (Å²) in [5.41, 5.74) is 7.90. The van der Waals surface area contributed by atoms with Gasteiger partial charge in [-0.15, -0.1) is 0 Å². The van der Waals surface area contributed by atoms with Gasteiger partial charge in [-0.3, -0.25) is 0 Å². The predicted molar refractivity (Wildman–Crippen MR) is 78.6 cm³/mol. The third-order valence-electron chi connectivity index (χ3n) is 4.92. The molecular formula is C17H27N. The van der Waals surface area contributed by atoms with E-state index in [1.165, 1.54) is 37.7 Å². The molecule has 1 aliphatic carbocycles. The summed E-state index contributed by atoms with van der Waals surface area (Å²) in [6.45, 7) is 4.60. The molecule has 0 amide bonds. The van der Waals surface area contributed by atoms with Crippen LogP contribution in [-0.4, -0.2) is 6.04 Å². The SMILES string of the molecule is CCC1CCC(C(N)C(C)c2ccccc2)CC1. The highest BCUT2D eigenvalue weighted by molar-refractivity contribution is 5.20. The Morgan fingerprint density at radius 3 is 2.28 bits per heavy atom. The molecule has 1 fully saturated rings. The van der Waals surface area contributed by atoms with E-state index < -0.39 is 0 Å². The van der Waals surface area contributed by atoms with Crippen LogP contribution in [0.15, 0.2) is 30.3 Å². The zero-order chi connectivity index (χ0) is 13.0. The van der Waals surface area contributed by atoms with Gasteiger partial charge in [0.05, 0.1) is 0 Å². The molecule has 0 bridgehead atoms. The average molecular weight is 245 g/mol. The molecule has 1 aliphatic rings. The zero-order valence-corrected chi connectivity index (χ0v) is 11.8. The lowest BCUT2D eigenvalue weighted by Crippen LogP contribution is -2.37. The van der Waals surface area contributed by atoms with Crippen LogP contribution < -0.4 is 5.73 Å². The Kier molecular flexibility index (Phi) is 4.82. The second-order valence-electron chi connectivity index (χ2n) is 5.97. The van der Waals surface area contributed by atoms with Gasteiger partial charge in [0.2, 0.25) is 0 Å². The minimum absolute atomic E-state index is 0.324. The summed E-state index contributed by atoms with van der Waals surface area (Å²) in [4.78, 5) is 0. The molecule has 1 aromatic carbocycles. The van der Waals surface area contributed by atoms with Crippen LogP contribution in [-0.2, 0) is 0 Å².